The van der Waals surface area contributed by atoms with E-state index in [4.69, 9.17) is 10.5 Å². The van der Waals surface area contributed by atoms with E-state index in [-0.39, 0.29) is 0 Å². The molecule has 0 saturated carbocycles. The number of nitrogen functional groups attached to an aromatic ring is 1. The summed E-state index contributed by atoms with van der Waals surface area (Å²) in [6.07, 6.45) is 6.60. The second kappa shape index (κ2) is 4.92. The van der Waals surface area contributed by atoms with Crippen LogP contribution in [0.5, 0.6) is 5.75 Å². The van der Waals surface area contributed by atoms with Gasteiger partial charge < -0.3 is 15.8 Å². The molecule has 0 saturated heterocycles. The maximum Gasteiger partial charge on any atom is 0.144 e. The fraction of sp³-hybridized carbons (Fsp3) is 0.385. The number of rotatable bonds is 4. The van der Waals surface area contributed by atoms with Crippen LogP contribution in [0.15, 0.2) is 30.4 Å². The second-order valence-corrected chi connectivity index (χ2v) is 3.97. The molecule has 3 nitrogen and oxygen atoms in total. The summed E-state index contributed by atoms with van der Waals surface area (Å²) in [6.45, 7) is 2.60. The van der Waals surface area contributed by atoms with Crippen LogP contribution in [0.2, 0.25) is 0 Å². The van der Waals surface area contributed by atoms with E-state index >= 15 is 0 Å². The number of nitrogens with two attached hydrogens (primary N) is 1. The van der Waals surface area contributed by atoms with Crippen molar-refractivity contribution in [1.29, 1.82) is 0 Å². The third kappa shape index (κ3) is 2.48. The van der Waals surface area contributed by atoms with Gasteiger partial charge in [0, 0.05) is 17.8 Å². The molecule has 0 radical (unpaired) electrons. The second-order valence-electron chi connectivity index (χ2n) is 3.97. The van der Waals surface area contributed by atoms with Gasteiger partial charge in [-0.2, -0.15) is 0 Å². The molecule has 3 N–H and O–H groups in total. The molecule has 0 spiro atoms. The Labute approximate surface area is 96.3 Å². The van der Waals surface area contributed by atoms with Crippen LogP contribution in [0, 0.1) is 0 Å². The van der Waals surface area contributed by atoms with Crippen molar-refractivity contribution >= 4 is 11.4 Å². The summed E-state index contributed by atoms with van der Waals surface area (Å²) in [4.78, 5) is 0. The predicted octanol–water partition coefficient (Wildman–Crippen LogP) is 2.80. The standard InChI is InChI=1S/C13H18N2O/c1-2-16-13-9-11(7-8-12(13)14)15-10-5-3-4-6-10/h3-4,7-10,15H,2,5-6,14H2,1H3. The van der Waals surface area contributed by atoms with Crippen molar-refractivity contribution in [2.45, 2.75) is 25.8 Å². The lowest BCUT2D eigenvalue weighted by atomic mass is 10.2. The molecule has 0 bridgehead atoms. The van der Waals surface area contributed by atoms with Crippen molar-refractivity contribution in [2.24, 2.45) is 0 Å². The van der Waals surface area contributed by atoms with Crippen molar-refractivity contribution in [3.05, 3.63) is 30.4 Å². The Kier molecular flexibility index (Phi) is 3.34. The molecule has 3 heteroatoms. The molecule has 16 heavy (non-hydrogen) atoms. The summed E-state index contributed by atoms with van der Waals surface area (Å²) in [6, 6.07) is 6.36. The molecule has 2 rings (SSSR count). The molecule has 1 aliphatic carbocycles. The summed E-state index contributed by atoms with van der Waals surface area (Å²) in [5, 5.41) is 3.47. The van der Waals surface area contributed by atoms with Crippen molar-refractivity contribution in [2.75, 3.05) is 17.7 Å². The van der Waals surface area contributed by atoms with E-state index < -0.39 is 0 Å². The van der Waals surface area contributed by atoms with Crippen LogP contribution in [0.4, 0.5) is 11.4 Å². The molecule has 0 aromatic heterocycles. The lowest BCUT2D eigenvalue weighted by molar-refractivity contribution is 0.342. The number of benzene rings is 1. The van der Waals surface area contributed by atoms with Gasteiger partial charge >= 0.3 is 0 Å². The zero-order chi connectivity index (χ0) is 11.4. The molecule has 0 aliphatic heterocycles. The molecule has 0 fully saturated rings. The van der Waals surface area contributed by atoms with Gasteiger partial charge in [-0.3, -0.25) is 0 Å². The molecule has 86 valence electrons. The van der Waals surface area contributed by atoms with E-state index in [9.17, 15) is 0 Å². The first-order chi connectivity index (χ1) is 7.79. The zero-order valence-electron chi connectivity index (χ0n) is 9.57. The van der Waals surface area contributed by atoms with E-state index in [1.54, 1.807) is 0 Å². The topological polar surface area (TPSA) is 47.3 Å². The Morgan fingerprint density at radius 3 is 2.81 bits per heavy atom. The maximum absolute atomic E-state index is 5.82. The molecular formula is C13H18N2O. The van der Waals surface area contributed by atoms with Gasteiger partial charge in [-0.1, -0.05) is 12.2 Å². The molecule has 0 unspecified atom stereocenters. The van der Waals surface area contributed by atoms with Gasteiger partial charge in [0.15, 0.2) is 0 Å². The van der Waals surface area contributed by atoms with Gasteiger partial charge in [0.25, 0.3) is 0 Å². The highest BCUT2D eigenvalue weighted by molar-refractivity contribution is 5.61. The average Bonchev–Trinajstić information content (AvgIpc) is 2.76. The number of hydrogen-bond donors (Lipinski definition) is 2. The highest BCUT2D eigenvalue weighted by Crippen LogP contribution is 2.27. The first kappa shape index (κ1) is 10.9. The van der Waals surface area contributed by atoms with Crippen LogP contribution >= 0.6 is 0 Å². The first-order valence-corrected chi connectivity index (χ1v) is 5.73. The van der Waals surface area contributed by atoms with E-state index in [0.29, 0.717) is 18.3 Å². The lowest BCUT2D eigenvalue weighted by Crippen LogP contribution is -2.15. The van der Waals surface area contributed by atoms with Gasteiger partial charge in [-0.05, 0) is 31.9 Å². The maximum atomic E-state index is 5.82. The third-order valence-corrected chi connectivity index (χ3v) is 2.69. The number of ether oxygens (including phenoxy) is 1. The highest BCUT2D eigenvalue weighted by Gasteiger charge is 2.10. The quantitative estimate of drug-likeness (QED) is 0.603. The van der Waals surface area contributed by atoms with Crippen molar-refractivity contribution < 1.29 is 4.74 Å². The van der Waals surface area contributed by atoms with Gasteiger partial charge in [-0.15, -0.1) is 0 Å². The monoisotopic (exact) mass is 218 g/mol. The molecule has 1 aliphatic rings. The Hall–Kier alpha value is -1.64. The minimum absolute atomic E-state index is 0.512. The predicted molar refractivity (Wildman–Crippen MR) is 67.8 cm³/mol. The van der Waals surface area contributed by atoms with Gasteiger partial charge in [0.1, 0.15) is 5.75 Å². The molecule has 0 heterocycles. The van der Waals surface area contributed by atoms with Crippen molar-refractivity contribution in [3.8, 4) is 5.75 Å². The van der Waals surface area contributed by atoms with Crippen LogP contribution in [-0.2, 0) is 0 Å². The fourth-order valence-corrected chi connectivity index (χ4v) is 1.88. The molecule has 0 atom stereocenters. The zero-order valence-corrected chi connectivity index (χ0v) is 9.57. The van der Waals surface area contributed by atoms with E-state index in [0.717, 1.165) is 24.3 Å². The van der Waals surface area contributed by atoms with Crippen LogP contribution in [0.1, 0.15) is 19.8 Å². The molecular weight excluding hydrogens is 200 g/mol. The minimum Gasteiger partial charge on any atom is -0.492 e. The summed E-state index contributed by atoms with van der Waals surface area (Å²) in [7, 11) is 0. The van der Waals surface area contributed by atoms with E-state index in [2.05, 4.69) is 17.5 Å². The Morgan fingerprint density at radius 1 is 1.38 bits per heavy atom. The fourth-order valence-electron chi connectivity index (χ4n) is 1.88. The van der Waals surface area contributed by atoms with E-state index in [1.165, 1.54) is 0 Å². The van der Waals surface area contributed by atoms with Crippen LogP contribution < -0.4 is 15.8 Å². The Balaban J connectivity index is 2.06. The van der Waals surface area contributed by atoms with Crippen molar-refractivity contribution in [3.63, 3.8) is 0 Å². The minimum atomic E-state index is 0.512. The van der Waals surface area contributed by atoms with Crippen LogP contribution in [0.3, 0.4) is 0 Å². The Morgan fingerprint density at radius 2 is 2.12 bits per heavy atom. The van der Waals surface area contributed by atoms with Crippen LogP contribution in [-0.4, -0.2) is 12.6 Å². The highest BCUT2D eigenvalue weighted by atomic mass is 16.5. The van der Waals surface area contributed by atoms with E-state index in [1.807, 2.05) is 25.1 Å². The number of hydrogen-bond acceptors (Lipinski definition) is 3. The number of anilines is 2. The van der Waals surface area contributed by atoms with Crippen LogP contribution in [0.25, 0.3) is 0 Å². The summed E-state index contributed by atoms with van der Waals surface area (Å²) >= 11 is 0. The smallest absolute Gasteiger partial charge is 0.144 e. The third-order valence-electron chi connectivity index (χ3n) is 2.69. The van der Waals surface area contributed by atoms with Gasteiger partial charge in [0.05, 0.1) is 12.3 Å². The summed E-state index contributed by atoms with van der Waals surface area (Å²) in [5.41, 5.74) is 7.59. The average molecular weight is 218 g/mol. The first-order valence-electron chi connectivity index (χ1n) is 5.73. The van der Waals surface area contributed by atoms with Crippen molar-refractivity contribution in [1.82, 2.24) is 0 Å². The largest absolute Gasteiger partial charge is 0.492 e. The van der Waals surface area contributed by atoms with Gasteiger partial charge in [0.2, 0.25) is 0 Å². The summed E-state index contributed by atoms with van der Waals surface area (Å²) < 4.78 is 5.46. The molecule has 0 amide bonds. The summed E-state index contributed by atoms with van der Waals surface area (Å²) in [5.74, 6) is 0.762. The molecule has 1 aromatic carbocycles. The lowest BCUT2D eigenvalue weighted by Gasteiger charge is -2.15. The normalized spacial score (nSPS) is 15.3. The number of nitrogens with one attached hydrogen (secondary N) is 1. The van der Waals surface area contributed by atoms with Gasteiger partial charge in [-0.25, -0.2) is 0 Å². The molecule has 1 aromatic rings. The Bertz CT molecular complexity index is 380. The SMILES string of the molecule is CCOc1cc(NC2CC=CC2)ccc1N.